The monoisotopic (exact) mass is 357 g/mol. The lowest BCUT2D eigenvalue weighted by atomic mass is 9.86. The van der Waals surface area contributed by atoms with E-state index in [1.165, 1.54) is 7.11 Å². The first kappa shape index (κ1) is 18.4. The fourth-order valence-corrected chi connectivity index (χ4v) is 3.75. The summed E-state index contributed by atoms with van der Waals surface area (Å²) < 4.78 is 7.06. The van der Waals surface area contributed by atoms with Gasteiger partial charge < -0.3 is 14.6 Å². The number of carbonyl (C=O) groups excluding carboxylic acids is 1. The van der Waals surface area contributed by atoms with E-state index in [1.807, 2.05) is 19.2 Å². The Labute approximate surface area is 154 Å². The number of hydrogen-bond donors (Lipinski definition) is 1. The predicted molar refractivity (Wildman–Crippen MR) is 99.8 cm³/mol. The maximum absolute atomic E-state index is 11.8. The normalized spacial score (nSPS) is 20.2. The van der Waals surface area contributed by atoms with Crippen molar-refractivity contribution >= 4 is 11.9 Å². The molecule has 1 fully saturated rings. The zero-order chi connectivity index (χ0) is 18.7. The summed E-state index contributed by atoms with van der Waals surface area (Å²) in [5.74, 6) is 1.39. The molecule has 0 aliphatic heterocycles. The second kappa shape index (κ2) is 7.85. The molecule has 0 saturated heterocycles. The van der Waals surface area contributed by atoms with Gasteiger partial charge in [-0.25, -0.2) is 15.0 Å². The lowest BCUT2D eigenvalue weighted by molar-refractivity contribution is -0.146. The SMILES string of the molecule is COC(=O)C1CCCC(Nc2nccc(-c3cnc(C)n3C(C)C)n2)C1. The number of ether oxygens (including phenoxy) is 1. The molecule has 1 N–H and O–H groups in total. The van der Waals surface area contributed by atoms with E-state index >= 15 is 0 Å². The van der Waals surface area contributed by atoms with Crippen LogP contribution in [-0.2, 0) is 9.53 Å². The molecular formula is C19H27N5O2. The maximum atomic E-state index is 11.8. The summed E-state index contributed by atoms with van der Waals surface area (Å²) in [6.07, 6.45) is 7.26. The number of aromatic nitrogens is 4. The molecular weight excluding hydrogens is 330 g/mol. The molecule has 0 spiro atoms. The van der Waals surface area contributed by atoms with Gasteiger partial charge >= 0.3 is 5.97 Å². The molecule has 1 aliphatic carbocycles. The molecule has 1 saturated carbocycles. The van der Waals surface area contributed by atoms with Crippen LogP contribution in [-0.4, -0.2) is 38.6 Å². The van der Waals surface area contributed by atoms with Crippen molar-refractivity contribution in [2.45, 2.75) is 58.5 Å². The van der Waals surface area contributed by atoms with Crippen molar-refractivity contribution < 1.29 is 9.53 Å². The highest BCUT2D eigenvalue weighted by molar-refractivity contribution is 5.72. The minimum Gasteiger partial charge on any atom is -0.469 e. The molecule has 140 valence electrons. The van der Waals surface area contributed by atoms with Gasteiger partial charge in [-0.05, 0) is 46.1 Å². The molecule has 2 aromatic rings. The van der Waals surface area contributed by atoms with Crippen LogP contribution < -0.4 is 5.32 Å². The van der Waals surface area contributed by atoms with E-state index in [2.05, 4.69) is 38.7 Å². The van der Waals surface area contributed by atoms with Crippen molar-refractivity contribution in [3.8, 4) is 11.4 Å². The summed E-state index contributed by atoms with van der Waals surface area (Å²) in [5, 5.41) is 3.40. The maximum Gasteiger partial charge on any atom is 0.308 e. The topological polar surface area (TPSA) is 81.9 Å². The summed E-state index contributed by atoms with van der Waals surface area (Å²) in [5.41, 5.74) is 1.83. The van der Waals surface area contributed by atoms with Crippen molar-refractivity contribution in [2.24, 2.45) is 5.92 Å². The Morgan fingerprint density at radius 2 is 2.15 bits per heavy atom. The minimum absolute atomic E-state index is 0.0422. The van der Waals surface area contributed by atoms with Gasteiger partial charge in [0.1, 0.15) is 5.82 Å². The quantitative estimate of drug-likeness (QED) is 0.826. The van der Waals surface area contributed by atoms with Crippen LogP contribution in [0.2, 0.25) is 0 Å². The number of nitrogens with one attached hydrogen (secondary N) is 1. The molecule has 0 amide bonds. The highest BCUT2D eigenvalue weighted by atomic mass is 16.5. The fraction of sp³-hybridized carbons (Fsp3) is 0.579. The Morgan fingerprint density at radius 3 is 2.88 bits per heavy atom. The number of nitrogens with zero attached hydrogens (tertiary/aromatic N) is 4. The molecule has 26 heavy (non-hydrogen) atoms. The zero-order valence-corrected chi connectivity index (χ0v) is 15.9. The number of anilines is 1. The number of carbonyl (C=O) groups is 1. The van der Waals surface area contributed by atoms with Crippen LogP contribution in [0.4, 0.5) is 5.95 Å². The fourth-order valence-electron chi connectivity index (χ4n) is 3.75. The third-order valence-electron chi connectivity index (χ3n) is 4.96. The van der Waals surface area contributed by atoms with Gasteiger partial charge in [0.25, 0.3) is 0 Å². The summed E-state index contributed by atoms with van der Waals surface area (Å²) in [7, 11) is 1.45. The van der Waals surface area contributed by atoms with Gasteiger partial charge in [-0.15, -0.1) is 0 Å². The molecule has 2 aromatic heterocycles. The van der Waals surface area contributed by atoms with E-state index in [9.17, 15) is 4.79 Å². The highest BCUT2D eigenvalue weighted by Gasteiger charge is 2.28. The largest absolute Gasteiger partial charge is 0.469 e. The molecule has 2 heterocycles. The van der Waals surface area contributed by atoms with Crippen molar-refractivity contribution in [2.75, 3.05) is 12.4 Å². The second-order valence-electron chi connectivity index (χ2n) is 7.15. The first-order valence-corrected chi connectivity index (χ1v) is 9.21. The van der Waals surface area contributed by atoms with Crippen LogP contribution >= 0.6 is 0 Å². The van der Waals surface area contributed by atoms with Gasteiger partial charge in [0, 0.05) is 18.3 Å². The third kappa shape index (κ3) is 3.86. The molecule has 3 rings (SSSR count). The number of methoxy groups -OCH3 is 1. The molecule has 7 heteroatoms. The van der Waals surface area contributed by atoms with Crippen LogP contribution in [0, 0.1) is 12.8 Å². The Morgan fingerprint density at radius 1 is 1.35 bits per heavy atom. The molecule has 0 aromatic carbocycles. The summed E-state index contributed by atoms with van der Waals surface area (Å²) in [6.45, 7) is 6.26. The average molecular weight is 357 g/mol. The molecule has 2 unspecified atom stereocenters. The lowest BCUT2D eigenvalue weighted by Gasteiger charge is -2.28. The van der Waals surface area contributed by atoms with E-state index in [0.717, 1.165) is 42.9 Å². The van der Waals surface area contributed by atoms with Gasteiger partial charge in [0.15, 0.2) is 0 Å². The number of hydrogen-bond acceptors (Lipinski definition) is 6. The van der Waals surface area contributed by atoms with E-state index < -0.39 is 0 Å². The van der Waals surface area contributed by atoms with Crippen LogP contribution in [0.3, 0.4) is 0 Å². The summed E-state index contributed by atoms with van der Waals surface area (Å²) >= 11 is 0. The van der Waals surface area contributed by atoms with Crippen molar-refractivity contribution in [1.29, 1.82) is 0 Å². The van der Waals surface area contributed by atoms with Gasteiger partial charge in [-0.3, -0.25) is 4.79 Å². The Kier molecular flexibility index (Phi) is 5.54. The predicted octanol–water partition coefficient (Wildman–Crippen LogP) is 3.37. The smallest absolute Gasteiger partial charge is 0.308 e. The minimum atomic E-state index is -0.123. The highest BCUT2D eigenvalue weighted by Crippen LogP contribution is 2.28. The first-order chi connectivity index (χ1) is 12.5. The van der Waals surface area contributed by atoms with Crippen LogP contribution in [0.25, 0.3) is 11.4 Å². The summed E-state index contributed by atoms with van der Waals surface area (Å²) in [6, 6.07) is 2.39. The number of esters is 1. The van der Waals surface area contributed by atoms with Crippen LogP contribution in [0.5, 0.6) is 0 Å². The number of rotatable bonds is 5. The molecule has 0 bridgehead atoms. The van der Waals surface area contributed by atoms with Crippen LogP contribution in [0.1, 0.15) is 51.4 Å². The number of imidazole rings is 1. The second-order valence-corrected chi connectivity index (χ2v) is 7.15. The Hall–Kier alpha value is -2.44. The third-order valence-corrected chi connectivity index (χ3v) is 4.96. The van der Waals surface area contributed by atoms with Crippen LogP contribution in [0.15, 0.2) is 18.5 Å². The summed E-state index contributed by atoms with van der Waals surface area (Å²) in [4.78, 5) is 25.3. The molecule has 7 nitrogen and oxygen atoms in total. The molecule has 0 radical (unpaired) electrons. The van der Waals surface area contributed by atoms with Crippen molar-refractivity contribution in [3.63, 3.8) is 0 Å². The van der Waals surface area contributed by atoms with Crippen molar-refractivity contribution in [3.05, 3.63) is 24.3 Å². The van der Waals surface area contributed by atoms with Gasteiger partial charge in [0.2, 0.25) is 5.95 Å². The van der Waals surface area contributed by atoms with E-state index in [-0.39, 0.29) is 17.9 Å². The molecule has 2 atom stereocenters. The Balaban J connectivity index is 1.77. The van der Waals surface area contributed by atoms with E-state index in [4.69, 9.17) is 4.74 Å². The van der Waals surface area contributed by atoms with Gasteiger partial charge in [-0.2, -0.15) is 0 Å². The first-order valence-electron chi connectivity index (χ1n) is 9.21. The van der Waals surface area contributed by atoms with Gasteiger partial charge in [0.05, 0.1) is 30.6 Å². The standard InChI is InChI=1S/C19H27N5O2/c1-12(2)24-13(3)21-11-17(24)16-8-9-20-19(23-16)22-15-7-5-6-14(10-15)18(25)26-4/h8-9,11-12,14-15H,5-7,10H2,1-4H3,(H,20,22,23). The lowest BCUT2D eigenvalue weighted by Crippen LogP contribution is -2.32. The zero-order valence-electron chi connectivity index (χ0n) is 15.9. The number of aryl methyl sites for hydroxylation is 1. The van der Waals surface area contributed by atoms with Crippen molar-refractivity contribution in [1.82, 2.24) is 19.5 Å². The average Bonchev–Trinajstić information content (AvgIpc) is 3.03. The van der Waals surface area contributed by atoms with Gasteiger partial charge in [-0.1, -0.05) is 6.42 Å². The molecule has 1 aliphatic rings. The van der Waals surface area contributed by atoms with E-state index in [0.29, 0.717) is 12.0 Å². The Bertz CT molecular complexity index is 771. The van der Waals surface area contributed by atoms with E-state index in [1.54, 1.807) is 6.20 Å².